The highest BCUT2D eigenvalue weighted by atomic mass is 16.5. The van der Waals surface area contributed by atoms with Gasteiger partial charge in [-0.15, -0.1) is 0 Å². The molecule has 1 aliphatic heterocycles. The van der Waals surface area contributed by atoms with E-state index in [1.54, 1.807) is 0 Å². The van der Waals surface area contributed by atoms with Crippen LogP contribution in [0.4, 0.5) is 0 Å². The SMILES string of the molecule is CCOC1CCN(CCCCC(C)(C)C#N)CC1. The number of unbranched alkanes of at least 4 members (excludes halogenated alkanes) is 1. The van der Waals surface area contributed by atoms with Crippen LogP contribution in [0.3, 0.4) is 0 Å². The maximum absolute atomic E-state index is 8.95. The number of nitriles is 1. The van der Waals surface area contributed by atoms with E-state index in [9.17, 15) is 0 Å². The fourth-order valence-corrected chi connectivity index (χ4v) is 2.49. The van der Waals surface area contributed by atoms with Gasteiger partial charge in [0.1, 0.15) is 0 Å². The van der Waals surface area contributed by atoms with E-state index in [1.807, 2.05) is 13.8 Å². The number of piperidine rings is 1. The molecule has 0 bridgehead atoms. The Labute approximate surface area is 112 Å². The van der Waals surface area contributed by atoms with E-state index in [-0.39, 0.29) is 5.41 Å². The third kappa shape index (κ3) is 5.84. The average molecular weight is 252 g/mol. The van der Waals surface area contributed by atoms with Crippen LogP contribution in [0, 0.1) is 16.7 Å². The first-order valence-corrected chi connectivity index (χ1v) is 7.32. The molecule has 1 aliphatic rings. The Morgan fingerprint density at radius 3 is 2.50 bits per heavy atom. The lowest BCUT2D eigenvalue weighted by atomic mass is 9.89. The normalized spacial score (nSPS) is 18.8. The van der Waals surface area contributed by atoms with E-state index in [1.165, 1.54) is 38.9 Å². The van der Waals surface area contributed by atoms with Gasteiger partial charge >= 0.3 is 0 Å². The lowest BCUT2D eigenvalue weighted by Gasteiger charge is -2.31. The Morgan fingerprint density at radius 1 is 1.28 bits per heavy atom. The molecule has 18 heavy (non-hydrogen) atoms. The van der Waals surface area contributed by atoms with Crippen molar-refractivity contribution in [2.75, 3.05) is 26.2 Å². The lowest BCUT2D eigenvalue weighted by molar-refractivity contribution is 0.0139. The first kappa shape index (κ1) is 15.5. The van der Waals surface area contributed by atoms with Crippen molar-refractivity contribution in [1.82, 2.24) is 4.90 Å². The summed E-state index contributed by atoms with van der Waals surface area (Å²) in [5, 5.41) is 8.95. The van der Waals surface area contributed by atoms with Gasteiger partial charge in [0.2, 0.25) is 0 Å². The van der Waals surface area contributed by atoms with Crippen LogP contribution in [-0.2, 0) is 4.74 Å². The van der Waals surface area contributed by atoms with Crippen molar-refractivity contribution in [3.05, 3.63) is 0 Å². The zero-order chi connectivity index (χ0) is 13.4. The number of ether oxygens (including phenoxy) is 1. The summed E-state index contributed by atoms with van der Waals surface area (Å²) in [5.41, 5.74) is -0.151. The third-order valence-electron chi connectivity index (χ3n) is 3.77. The van der Waals surface area contributed by atoms with Crippen molar-refractivity contribution in [3.8, 4) is 6.07 Å². The highest BCUT2D eigenvalue weighted by Gasteiger charge is 2.19. The molecule has 0 amide bonds. The van der Waals surface area contributed by atoms with Crippen LogP contribution in [0.25, 0.3) is 0 Å². The molecule has 0 saturated carbocycles. The predicted molar refractivity (Wildman–Crippen MR) is 74.3 cm³/mol. The molecule has 1 fully saturated rings. The van der Waals surface area contributed by atoms with Crippen LogP contribution in [0.15, 0.2) is 0 Å². The Hall–Kier alpha value is -0.590. The summed E-state index contributed by atoms with van der Waals surface area (Å²) in [6.07, 6.45) is 6.23. The van der Waals surface area contributed by atoms with Gasteiger partial charge in [-0.25, -0.2) is 0 Å². The van der Waals surface area contributed by atoms with Gasteiger partial charge in [0.25, 0.3) is 0 Å². The molecular formula is C15H28N2O. The van der Waals surface area contributed by atoms with E-state index < -0.39 is 0 Å². The first-order chi connectivity index (χ1) is 8.57. The Balaban J connectivity index is 2.06. The van der Waals surface area contributed by atoms with Gasteiger partial charge in [-0.05, 0) is 53.0 Å². The van der Waals surface area contributed by atoms with E-state index in [0.29, 0.717) is 6.10 Å². The maximum atomic E-state index is 8.95. The van der Waals surface area contributed by atoms with E-state index in [4.69, 9.17) is 10.00 Å². The molecule has 1 heterocycles. The van der Waals surface area contributed by atoms with Crippen molar-refractivity contribution in [1.29, 1.82) is 5.26 Å². The Morgan fingerprint density at radius 2 is 1.94 bits per heavy atom. The van der Waals surface area contributed by atoms with Gasteiger partial charge < -0.3 is 9.64 Å². The van der Waals surface area contributed by atoms with E-state index >= 15 is 0 Å². The zero-order valence-electron chi connectivity index (χ0n) is 12.2. The first-order valence-electron chi connectivity index (χ1n) is 7.32. The second-order valence-corrected chi connectivity index (χ2v) is 5.95. The molecule has 0 spiro atoms. The molecule has 0 aromatic rings. The van der Waals surface area contributed by atoms with Gasteiger partial charge in [-0.2, -0.15) is 5.26 Å². The average Bonchev–Trinajstić information content (AvgIpc) is 2.37. The highest BCUT2D eigenvalue weighted by molar-refractivity contribution is 4.91. The summed E-state index contributed by atoms with van der Waals surface area (Å²) in [4.78, 5) is 2.54. The molecule has 0 aliphatic carbocycles. The second kappa shape index (κ2) is 7.76. The lowest BCUT2D eigenvalue weighted by Crippen LogP contribution is -2.37. The van der Waals surface area contributed by atoms with Crippen molar-refractivity contribution in [2.45, 2.75) is 59.0 Å². The molecule has 0 radical (unpaired) electrons. The van der Waals surface area contributed by atoms with Gasteiger partial charge in [0.15, 0.2) is 0 Å². The molecule has 0 atom stereocenters. The summed E-state index contributed by atoms with van der Waals surface area (Å²) >= 11 is 0. The number of hydrogen-bond donors (Lipinski definition) is 0. The van der Waals surface area contributed by atoms with Gasteiger partial charge in [0.05, 0.1) is 17.6 Å². The van der Waals surface area contributed by atoms with E-state index in [2.05, 4.69) is 17.9 Å². The van der Waals surface area contributed by atoms with Gasteiger partial charge in [0, 0.05) is 19.7 Å². The standard InChI is InChI=1S/C15H28N2O/c1-4-18-14-7-11-17(12-8-14)10-6-5-9-15(2,3)13-16/h14H,4-12H2,1-3H3. The van der Waals surface area contributed by atoms with Crippen LogP contribution in [0.5, 0.6) is 0 Å². The van der Waals surface area contributed by atoms with Gasteiger partial charge in [-0.3, -0.25) is 0 Å². The highest BCUT2D eigenvalue weighted by Crippen LogP contribution is 2.22. The van der Waals surface area contributed by atoms with Crippen LogP contribution >= 0.6 is 0 Å². The van der Waals surface area contributed by atoms with Crippen LogP contribution < -0.4 is 0 Å². The minimum atomic E-state index is -0.151. The summed E-state index contributed by atoms with van der Waals surface area (Å²) in [7, 11) is 0. The molecule has 1 rings (SSSR count). The fraction of sp³-hybridized carbons (Fsp3) is 0.933. The Bertz CT molecular complexity index is 262. The monoisotopic (exact) mass is 252 g/mol. The molecule has 0 aromatic heterocycles. The third-order valence-corrected chi connectivity index (χ3v) is 3.77. The van der Waals surface area contributed by atoms with Crippen LogP contribution in [0.2, 0.25) is 0 Å². The minimum Gasteiger partial charge on any atom is -0.378 e. The van der Waals surface area contributed by atoms with Crippen LogP contribution in [-0.4, -0.2) is 37.2 Å². The predicted octanol–water partition coefficient (Wildman–Crippen LogP) is 3.21. The molecule has 3 heteroatoms. The molecule has 0 unspecified atom stereocenters. The summed E-state index contributed by atoms with van der Waals surface area (Å²) < 4.78 is 5.65. The number of nitrogens with zero attached hydrogens (tertiary/aromatic N) is 2. The molecule has 3 nitrogen and oxygen atoms in total. The summed E-state index contributed by atoms with van der Waals surface area (Å²) in [6, 6.07) is 2.37. The van der Waals surface area contributed by atoms with Gasteiger partial charge in [-0.1, -0.05) is 6.42 Å². The topological polar surface area (TPSA) is 36.3 Å². The smallest absolute Gasteiger partial charge is 0.0683 e. The molecule has 1 saturated heterocycles. The van der Waals surface area contributed by atoms with Crippen molar-refractivity contribution < 1.29 is 4.74 Å². The molecule has 0 aromatic carbocycles. The summed E-state index contributed by atoms with van der Waals surface area (Å²) in [6.45, 7) is 10.5. The van der Waals surface area contributed by atoms with E-state index in [0.717, 1.165) is 19.4 Å². The van der Waals surface area contributed by atoms with Crippen molar-refractivity contribution >= 4 is 0 Å². The largest absolute Gasteiger partial charge is 0.378 e. The molecular weight excluding hydrogens is 224 g/mol. The zero-order valence-corrected chi connectivity index (χ0v) is 12.2. The number of rotatable bonds is 7. The number of likely N-dealkylation sites (tertiary alicyclic amines) is 1. The van der Waals surface area contributed by atoms with Crippen molar-refractivity contribution in [3.63, 3.8) is 0 Å². The summed E-state index contributed by atoms with van der Waals surface area (Å²) in [5.74, 6) is 0. The number of hydrogen-bond acceptors (Lipinski definition) is 3. The second-order valence-electron chi connectivity index (χ2n) is 5.95. The molecule has 0 N–H and O–H groups in total. The minimum absolute atomic E-state index is 0.151. The van der Waals surface area contributed by atoms with Crippen molar-refractivity contribution in [2.24, 2.45) is 5.41 Å². The quantitative estimate of drug-likeness (QED) is 0.653. The molecule has 104 valence electrons. The van der Waals surface area contributed by atoms with Crippen LogP contribution in [0.1, 0.15) is 52.9 Å². The Kier molecular flexibility index (Phi) is 6.67. The maximum Gasteiger partial charge on any atom is 0.0683 e. The fourth-order valence-electron chi connectivity index (χ4n) is 2.49.